The minimum absolute atomic E-state index is 0.0645. The Bertz CT molecular complexity index is 1290. The molecule has 0 saturated carbocycles. The SMILES string of the molecule is O=C(O)C(=O)Nc1cc(Cl)c(Oc2ccc(O)c(CCc3ccc(O)c(F)c3)c2)c2c1CCC2. The molecule has 0 atom stereocenters. The van der Waals surface area contributed by atoms with Crippen LogP contribution < -0.4 is 10.1 Å². The van der Waals surface area contributed by atoms with Gasteiger partial charge in [-0.2, -0.15) is 0 Å². The van der Waals surface area contributed by atoms with Crippen molar-refractivity contribution in [2.45, 2.75) is 32.1 Å². The first-order valence-electron chi connectivity index (χ1n) is 10.6. The molecule has 1 aliphatic rings. The van der Waals surface area contributed by atoms with Crippen molar-refractivity contribution in [3.8, 4) is 23.0 Å². The number of phenolic OH excluding ortho intramolecular Hbond substituents is 2. The van der Waals surface area contributed by atoms with E-state index in [1.165, 1.54) is 24.3 Å². The van der Waals surface area contributed by atoms with Gasteiger partial charge in [-0.25, -0.2) is 9.18 Å². The Balaban J connectivity index is 1.57. The van der Waals surface area contributed by atoms with Crippen LogP contribution in [0.2, 0.25) is 5.02 Å². The van der Waals surface area contributed by atoms with Gasteiger partial charge in [0.1, 0.15) is 17.2 Å². The number of carbonyl (C=O) groups is 2. The molecule has 3 aromatic carbocycles. The van der Waals surface area contributed by atoms with E-state index in [1.807, 2.05) is 0 Å². The van der Waals surface area contributed by atoms with Gasteiger partial charge >= 0.3 is 11.9 Å². The van der Waals surface area contributed by atoms with Crippen molar-refractivity contribution in [2.75, 3.05) is 5.32 Å². The molecular formula is C25H21ClFNO6. The molecule has 0 fully saturated rings. The maximum absolute atomic E-state index is 13.6. The number of carboxylic acid groups (broad SMARTS) is 1. The zero-order valence-corrected chi connectivity index (χ0v) is 18.7. The number of aliphatic carboxylic acids is 1. The standard InChI is InChI=1S/C25H21ClFNO6/c26-18-12-20(28-24(31)25(32)33)16-2-1-3-17(16)23(18)34-15-7-9-21(29)14(11-15)6-4-13-5-8-22(30)19(27)10-13/h5,7-12,29-30H,1-4,6H2,(H,28,31)(H,32,33). The second-order valence-electron chi connectivity index (χ2n) is 7.98. The van der Waals surface area contributed by atoms with Gasteiger partial charge in [0.15, 0.2) is 11.6 Å². The number of fused-ring (bicyclic) bond motifs is 1. The van der Waals surface area contributed by atoms with Gasteiger partial charge in [-0.05, 0) is 85.2 Å². The summed E-state index contributed by atoms with van der Waals surface area (Å²) >= 11 is 6.44. The van der Waals surface area contributed by atoms with Gasteiger partial charge in [0.25, 0.3) is 0 Å². The number of nitrogens with one attached hydrogen (secondary N) is 1. The minimum Gasteiger partial charge on any atom is -0.508 e. The maximum Gasteiger partial charge on any atom is 0.394 e. The smallest absolute Gasteiger partial charge is 0.394 e. The van der Waals surface area contributed by atoms with Crippen molar-refractivity contribution in [3.05, 3.63) is 75.6 Å². The fourth-order valence-electron chi connectivity index (χ4n) is 4.04. The van der Waals surface area contributed by atoms with E-state index in [1.54, 1.807) is 18.2 Å². The average molecular weight is 486 g/mol. The molecule has 0 saturated heterocycles. The Kier molecular flexibility index (Phi) is 6.61. The summed E-state index contributed by atoms with van der Waals surface area (Å²) < 4.78 is 19.7. The fraction of sp³-hybridized carbons (Fsp3) is 0.200. The number of aromatic hydroxyl groups is 2. The van der Waals surface area contributed by atoms with Gasteiger partial charge in [-0.1, -0.05) is 17.7 Å². The third-order valence-corrected chi connectivity index (χ3v) is 5.99. The number of halogens is 2. The van der Waals surface area contributed by atoms with Crippen LogP contribution in [0.3, 0.4) is 0 Å². The molecule has 9 heteroatoms. The lowest BCUT2D eigenvalue weighted by Crippen LogP contribution is -2.22. The maximum atomic E-state index is 13.6. The zero-order chi connectivity index (χ0) is 24.4. The molecule has 176 valence electrons. The summed E-state index contributed by atoms with van der Waals surface area (Å²) in [6.07, 6.45) is 2.92. The van der Waals surface area contributed by atoms with Crippen LogP contribution in [0.1, 0.15) is 28.7 Å². The number of hydrogen-bond acceptors (Lipinski definition) is 5. The highest BCUT2D eigenvalue weighted by Gasteiger charge is 2.25. The highest BCUT2D eigenvalue weighted by Crippen LogP contribution is 2.43. The number of carbonyl (C=O) groups excluding carboxylic acids is 1. The molecule has 0 radical (unpaired) electrons. The van der Waals surface area contributed by atoms with Crippen LogP contribution in [0.4, 0.5) is 10.1 Å². The largest absolute Gasteiger partial charge is 0.508 e. The number of hydrogen-bond donors (Lipinski definition) is 4. The highest BCUT2D eigenvalue weighted by atomic mass is 35.5. The second-order valence-corrected chi connectivity index (χ2v) is 8.39. The fourth-order valence-corrected chi connectivity index (χ4v) is 4.30. The first-order chi connectivity index (χ1) is 16.2. The van der Waals surface area contributed by atoms with Crippen LogP contribution in [-0.4, -0.2) is 27.2 Å². The molecule has 7 nitrogen and oxygen atoms in total. The Hall–Kier alpha value is -3.78. The Morgan fingerprint density at radius 1 is 1.00 bits per heavy atom. The van der Waals surface area contributed by atoms with Crippen LogP contribution in [0.15, 0.2) is 42.5 Å². The monoisotopic (exact) mass is 485 g/mol. The van der Waals surface area contributed by atoms with Crippen LogP contribution >= 0.6 is 11.6 Å². The summed E-state index contributed by atoms with van der Waals surface area (Å²) in [7, 11) is 0. The van der Waals surface area contributed by atoms with E-state index in [2.05, 4.69) is 5.32 Å². The predicted octanol–water partition coefficient (Wildman–Crippen LogP) is 4.98. The lowest BCUT2D eigenvalue weighted by atomic mass is 10.0. The van der Waals surface area contributed by atoms with Crippen molar-refractivity contribution >= 4 is 29.2 Å². The quantitative estimate of drug-likeness (QED) is 0.366. The van der Waals surface area contributed by atoms with E-state index in [0.29, 0.717) is 54.0 Å². The number of rotatable bonds is 6. The van der Waals surface area contributed by atoms with Gasteiger partial charge < -0.3 is 25.4 Å². The summed E-state index contributed by atoms with van der Waals surface area (Å²) in [5, 5.41) is 31.1. The number of aryl methyl sites for hydroxylation is 2. The molecule has 4 N–H and O–H groups in total. The Morgan fingerprint density at radius 3 is 2.47 bits per heavy atom. The average Bonchev–Trinajstić information content (AvgIpc) is 3.29. The van der Waals surface area contributed by atoms with E-state index < -0.39 is 23.4 Å². The predicted molar refractivity (Wildman–Crippen MR) is 123 cm³/mol. The van der Waals surface area contributed by atoms with Crippen molar-refractivity contribution in [1.29, 1.82) is 0 Å². The van der Waals surface area contributed by atoms with Gasteiger partial charge in [-0.15, -0.1) is 0 Å². The van der Waals surface area contributed by atoms with Crippen molar-refractivity contribution in [3.63, 3.8) is 0 Å². The number of amides is 1. The second kappa shape index (κ2) is 9.61. The first-order valence-corrected chi connectivity index (χ1v) is 11.0. The van der Waals surface area contributed by atoms with Crippen LogP contribution in [0.5, 0.6) is 23.0 Å². The normalized spacial score (nSPS) is 12.3. The number of phenols is 2. The molecular weight excluding hydrogens is 465 g/mol. The highest BCUT2D eigenvalue weighted by molar-refractivity contribution is 6.37. The summed E-state index contributed by atoms with van der Waals surface area (Å²) in [6, 6.07) is 10.4. The summed E-state index contributed by atoms with van der Waals surface area (Å²) in [6.45, 7) is 0. The molecule has 3 aromatic rings. The van der Waals surface area contributed by atoms with E-state index in [9.17, 15) is 24.2 Å². The molecule has 0 unspecified atom stereocenters. The topological polar surface area (TPSA) is 116 Å². The molecule has 1 amide bonds. The lowest BCUT2D eigenvalue weighted by molar-refractivity contribution is -0.147. The molecule has 0 aromatic heterocycles. The van der Waals surface area contributed by atoms with Gasteiger partial charge in [-0.3, -0.25) is 4.79 Å². The van der Waals surface area contributed by atoms with Crippen molar-refractivity contribution in [2.24, 2.45) is 0 Å². The molecule has 0 bridgehead atoms. The van der Waals surface area contributed by atoms with Crippen LogP contribution in [-0.2, 0) is 35.3 Å². The Labute approximate surface area is 199 Å². The van der Waals surface area contributed by atoms with Crippen LogP contribution in [0, 0.1) is 5.82 Å². The summed E-state index contributed by atoms with van der Waals surface area (Å²) in [5.74, 6) is -2.94. The molecule has 4 rings (SSSR count). The molecule has 34 heavy (non-hydrogen) atoms. The zero-order valence-electron chi connectivity index (χ0n) is 17.9. The van der Waals surface area contributed by atoms with Gasteiger partial charge in [0.05, 0.1) is 5.02 Å². The Morgan fingerprint density at radius 2 is 1.74 bits per heavy atom. The van der Waals surface area contributed by atoms with Crippen molar-refractivity contribution in [1.82, 2.24) is 0 Å². The van der Waals surface area contributed by atoms with Gasteiger partial charge in [0, 0.05) is 11.3 Å². The van der Waals surface area contributed by atoms with E-state index >= 15 is 0 Å². The summed E-state index contributed by atoms with van der Waals surface area (Å²) in [5.41, 5.74) is 3.18. The van der Waals surface area contributed by atoms with Crippen molar-refractivity contribution < 1.29 is 34.0 Å². The van der Waals surface area contributed by atoms with E-state index in [-0.39, 0.29) is 10.8 Å². The van der Waals surface area contributed by atoms with Gasteiger partial charge in [0.2, 0.25) is 0 Å². The molecule has 0 heterocycles. The third kappa shape index (κ3) is 4.92. The van der Waals surface area contributed by atoms with Crippen LogP contribution in [0.25, 0.3) is 0 Å². The number of anilines is 1. The first kappa shape index (κ1) is 23.4. The molecule has 0 spiro atoms. The lowest BCUT2D eigenvalue weighted by Gasteiger charge is -2.17. The minimum atomic E-state index is -1.59. The third-order valence-electron chi connectivity index (χ3n) is 5.71. The van der Waals surface area contributed by atoms with E-state index in [0.717, 1.165) is 17.5 Å². The summed E-state index contributed by atoms with van der Waals surface area (Å²) in [4.78, 5) is 22.5. The molecule has 1 aliphatic carbocycles. The molecule has 0 aliphatic heterocycles. The van der Waals surface area contributed by atoms with E-state index in [4.69, 9.17) is 21.4 Å². The number of ether oxygens (including phenoxy) is 1. The number of benzene rings is 3. The number of carboxylic acids is 1.